The summed E-state index contributed by atoms with van der Waals surface area (Å²) in [7, 11) is 0. The van der Waals surface area contributed by atoms with E-state index in [0.29, 0.717) is 23.4 Å². The lowest BCUT2D eigenvalue weighted by Crippen LogP contribution is -2.39. The fourth-order valence-electron chi connectivity index (χ4n) is 4.18. The molecule has 0 spiro atoms. The summed E-state index contributed by atoms with van der Waals surface area (Å²) in [6.45, 7) is 10.6. The highest BCUT2D eigenvalue weighted by atomic mass is 32.2. The number of hydrogen-bond acceptors (Lipinski definition) is 8. The van der Waals surface area contributed by atoms with Crippen LogP contribution >= 0.6 is 11.8 Å². The van der Waals surface area contributed by atoms with E-state index in [0.717, 1.165) is 11.6 Å². The Balaban J connectivity index is 1.81. The van der Waals surface area contributed by atoms with Crippen molar-refractivity contribution >= 4 is 23.0 Å². The molecular formula is C25H27F2N5O3S. The molecule has 0 bridgehead atoms. The van der Waals surface area contributed by atoms with Crippen LogP contribution in [0.25, 0.3) is 11.1 Å². The molecule has 11 heteroatoms. The molecular weight excluding hydrogens is 488 g/mol. The number of benzene rings is 1. The molecule has 36 heavy (non-hydrogen) atoms. The maximum absolute atomic E-state index is 15.3. The summed E-state index contributed by atoms with van der Waals surface area (Å²) < 4.78 is 40.9. The van der Waals surface area contributed by atoms with Crippen molar-refractivity contribution in [1.82, 2.24) is 20.4 Å². The number of thioether (sulfide) groups is 1. The molecule has 0 radical (unpaired) electrons. The number of aryl methyl sites for hydroxylation is 2. The Kier molecular flexibility index (Phi) is 6.87. The third-order valence-corrected chi connectivity index (χ3v) is 6.82. The van der Waals surface area contributed by atoms with Crippen LogP contribution in [0.4, 0.5) is 13.6 Å². The first kappa shape index (κ1) is 25.7. The Hall–Kier alpha value is -3.34. The lowest BCUT2D eigenvalue weighted by Gasteiger charge is -2.36. The Morgan fingerprint density at radius 3 is 2.50 bits per heavy atom. The number of carbonyl (C=O) groups is 1. The third kappa shape index (κ3) is 5.40. The van der Waals surface area contributed by atoms with Crippen LogP contribution in [0.1, 0.15) is 61.9 Å². The molecule has 0 fully saturated rings. The van der Waals surface area contributed by atoms with Gasteiger partial charge in [0.1, 0.15) is 29.3 Å². The number of carbonyl (C=O) groups excluding carboxylic acids is 1. The van der Waals surface area contributed by atoms with Gasteiger partial charge in [-0.2, -0.15) is 0 Å². The molecule has 0 aliphatic carbocycles. The van der Waals surface area contributed by atoms with Crippen LogP contribution < -0.4 is 5.32 Å². The van der Waals surface area contributed by atoms with Gasteiger partial charge in [0.05, 0.1) is 11.2 Å². The van der Waals surface area contributed by atoms with Gasteiger partial charge in [0.25, 0.3) is 0 Å². The highest BCUT2D eigenvalue weighted by molar-refractivity contribution is 8.14. The Labute approximate surface area is 211 Å². The van der Waals surface area contributed by atoms with E-state index in [1.807, 2.05) is 6.92 Å². The zero-order valence-corrected chi connectivity index (χ0v) is 21.7. The molecule has 2 unspecified atom stereocenters. The van der Waals surface area contributed by atoms with Crippen molar-refractivity contribution in [2.75, 3.05) is 0 Å². The number of nitrogens with one attached hydrogen (secondary N) is 1. The normalized spacial score (nSPS) is 20.1. The van der Waals surface area contributed by atoms with Crippen LogP contribution in [0, 0.1) is 25.5 Å². The lowest BCUT2D eigenvalue weighted by atomic mass is 9.84. The molecule has 3 aromatic rings. The summed E-state index contributed by atoms with van der Waals surface area (Å²) in [5.74, 6) is -0.869. The number of alkyl carbamates (subject to hydrolysis) is 1. The first-order chi connectivity index (χ1) is 16.9. The Bertz CT molecular complexity index is 1300. The number of nitrogens with zero attached hydrogens (tertiary/aromatic N) is 4. The zero-order valence-electron chi connectivity index (χ0n) is 20.8. The topological polar surface area (TPSA) is 103 Å². The van der Waals surface area contributed by atoms with Gasteiger partial charge in [-0.25, -0.2) is 23.5 Å². The molecule has 0 saturated heterocycles. The number of aromatic nitrogens is 3. The van der Waals surface area contributed by atoms with Gasteiger partial charge < -0.3 is 9.26 Å². The molecule has 1 aliphatic rings. The molecule has 1 amide bonds. The van der Waals surface area contributed by atoms with E-state index in [9.17, 15) is 9.18 Å². The highest BCUT2D eigenvalue weighted by Crippen LogP contribution is 2.49. The quantitative estimate of drug-likeness (QED) is 0.456. The number of ether oxygens (including phenoxy) is 1. The van der Waals surface area contributed by atoms with Crippen molar-refractivity contribution in [3.63, 3.8) is 0 Å². The first-order valence-electron chi connectivity index (χ1n) is 11.3. The number of aliphatic imine (C=N–C) groups is 1. The largest absolute Gasteiger partial charge is 0.444 e. The van der Waals surface area contributed by atoms with E-state index in [4.69, 9.17) is 14.3 Å². The molecule has 2 aromatic heterocycles. The minimum atomic E-state index is -1.17. The highest BCUT2D eigenvalue weighted by Gasteiger charge is 2.41. The van der Waals surface area contributed by atoms with Crippen LogP contribution in [0.5, 0.6) is 0 Å². The van der Waals surface area contributed by atoms with Crippen molar-refractivity contribution in [2.45, 2.75) is 64.4 Å². The monoisotopic (exact) mass is 515 g/mol. The molecule has 8 nitrogen and oxygen atoms in total. The molecule has 1 aliphatic heterocycles. The van der Waals surface area contributed by atoms with Gasteiger partial charge in [-0.15, -0.1) is 0 Å². The number of hydrogen-bond donors (Lipinski definition) is 1. The van der Waals surface area contributed by atoms with E-state index in [1.165, 1.54) is 36.5 Å². The molecule has 1 N–H and O–H groups in total. The summed E-state index contributed by atoms with van der Waals surface area (Å²) in [5, 5.41) is 6.71. The SMILES string of the molecule is Cc1noc(C)c1C1CC(C)(c2cc(-c3cncnc3)c(F)cc2F)N=C(NC(=O)OC(C)(C)C)S1. The maximum Gasteiger partial charge on any atom is 0.413 e. The summed E-state index contributed by atoms with van der Waals surface area (Å²) in [6.07, 6.45) is 3.90. The van der Waals surface area contributed by atoms with Gasteiger partial charge in [0, 0.05) is 46.0 Å². The molecule has 4 rings (SSSR count). The van der Waals surface area contributed by atoms with Crippen molar-refractivity contribution in [1.29, 1.82) is 0 Å². The van der Waals surface area contributed by atoms with E-state index < -0.39 is 28.9 Å². The van der Waals surface area contributed by atoms with E-state index in [1.54, 1.807) is 34.6 Å². The fraction of sp³-hybridized carbons (Fsp3) is 0.400. The van der Waals surface area contributed by atoms with Gasteiger partial charge >= 0.3 is 6.09 Å². The minimum absolute atomic E-state index is 0.150. The predicted octanol–water partition coefficient (Wildman–Crippen LogP) is 6.00. The van der Waals surface area contributed by atoms with E-state index in [-0.39, 0.29) is 21.5 Å². The zero-order chi connectivity index (χ0) is 26.3. The smallest absolute Gasteiger partial charge is 0.413 e. The number of rotatable bonds is 3. The van der Waals surface area contributed by atoms with Crippen molar-refractivity contribution in [2.24, 2.45) is 4.99 Å². The van der Waals surface area contributed by atoms with Gasteiger partial charge in [0.15, 0.2) is 5.17 Å². The average molecular weight is 516 g/mol. The third-order valence-electron chi connectivity index (χ3n) is 5.71. The summed E-state index contributed by atoms with van der Waals surface area (Å²) in [6, 6.07) is 2.27. The summed E-state index contributed by atoms with van der Waals surface area (Å²) in [5.41, 5.74) is 0.364. The predicted molar refractivity (Wildman–Crippen MR) is 132 cm³/mol. The van der Waals surface area contributed by atoms with Gasteiger partial charge in [0.2, 0.25) is 0 Å². The van der Waals surface area contributed by atoms with Crippen molar-refractivity contribution in [3.05, 3.63) is 65.1 Å². The second-order valence-corrected chi connectivity index (χ2v) is 11.0. The fourth-order valence-corrected chi connectivity index (χ4v) is 5.71. The van der Waals surface area contributed by atoms with Crippen molar-refractivity contribution < 1.29 is 22.8 Å². The van der Waals surface area contributed by atoms with E-state index in [2.05, 4.69) is 20.4 Å². The van der Waals surface area contributed by atoms with Gasteiger partial charge in [-0.3, -0.25) is 10.3 Å². The summed E-state index contributed by atoms with van der Waals surface area (Å²) >= 11 is 1.30. The van der Waals surface area contributed by atoms with Crippen LogP contribution in [0.3, 0.4) is 0 Å². The standard InChI is InChI=1S/C25H27F2N5O3S/c1-13-21(14(2)35-32-13)20-9-25(6,31-22(36-20)30-23(33)34-24(3,4)5)17-7-16(18(26)8-19(17)27)15-10-28-12-29-11-15/h7-8,10-12,20H,9H2,1-6H3,(H,30,31,33). The van der Waals surface area contributed by atoms with Crippen molar-refractivity contribution in [3.8, 4) is 11.1 Å². The molecule has 0 saturated carbocycles. The number of amidine groups is 1. The molecule has 3 heterocycles. The number of halogens is 2. The van der Waals surface area contributed by atoms with E-state index >= 15 is 4.39 Å². The lowest BCUT2D eigenvalue weighted by molar-refractivity contribution is 0.0564. The second kappa shape index (κ2) is 9.61. The van der Waals surface area contributed by atoms with Gasteiger partial charge in [-0.1, -0.05) is 16.9 Å². The minimum Gasteiger partial charge on any atom is -0.444 e. The summed E-state index contributed by atoms with van der Waals surface area (Å²) in [4.78, 5) is 25.2. The number of amides is 1. The average Bonchev–Trinajstić information content (AvgIpc) is 3.10. The van der Waals surface area contributed by atoms with Crippen LogP contribution in [-0.2, 0) is 10.3 Å². The van der Waals surface area contributed by atoms with Crippen LogP contribution in [0.15, 0.2) is 40.4 Å². The molecule has 1 aromatic carbocycles. The molecule has 2 atom stereocenters. The van der Waals surface area contributed by atoms with Gasteiger partial charge in [-0.05, 0) is 54.0 Å². The molecule has 190 valence electrons. The first-order valence-corrected chi connectivity index (χ1v) is 12.2. The maximum atomic E-state index is 15.3. The second-order valence-electron chi connectivity index (χ2n) is 9.81. The Morgan fingerprint density at radius 1 is 1.19 bits per heavy atom. The Morgan fingerprint density at radius 2 is 1.89 bits per heavy atom. The van der Waals surface area contributed by atoms with Crippen LogP contribution in [0.2, 0.25) is 0 Å². The van der Waals surface area contributed by atoms with Crippen LogP contribution in [-0.4, -0.2) is 32.0 Å².